The highest BCUT2D eigenvalue weighted by Crippen LogP contribution is 2.32. The molecule has 0 fully saturated rings. The molecule has 0 aliphatic carbocycles. The number of nitro groups is 1. The summed E-state index contributed by atoms with van der Waals surface area (Å²) in [4.78, 5) is 23.4. The van der Waals surface area contributed by atoms with Crippen molar-refractivity contribution >= 4 is 27.3 Å². The third kappa shape index (κ3) is 5.35. The summed E-state index contributed by atoms with van der Waals surface area (Å²) in [7, 11) is -4.13. The number of hydrogen-bond donors (Lipinski definition) is 1. The van der Waals surface area contributed by atoms with Crippen molar-refractivity contribution in [1.82, 2.24) is 5.32 Å². The van der Waals surface area contributed by atoms with Crippen LogP contribution < -0.4 is 19.1 Å². The fourth-order valence-corrected chi connectivity index (χ4v) is 5.05. The highest BCUT2D eigenvalue weighted by molar-refractivity contribution is 7.92. The van der Waals surface area contributed by atoms with Gasteiger partial charge in [-0.1, -0.05) is 24.3 Å². The minimum Gasteiger partial charge on any atom is -0.486 e. The summed E-state index contributed by atoms with van der Waals surface area (Å²) in [5.41, 5.74) is 0.694. The van der Waals surface area contributed by atoms with E-state index in [4.69, 9.17) is 9.47 Å². The van der Waals surface area contributed by atoms with E-state index in [-0.39, 0.29) is 16.3 Å². The summed E-state index contributed by atoms with van der Waals surface area (Å²) in [6, 6.07) is 17.5. The van der Waals surface area contributed by atoms with Crippen LogP contribution >= 0.6 is 0 Å². The van der Waals surface area contributed by atoms with Crippen molar-refractivity contribution < 1.29 is 27.6 Å². The fourth-order valence-electron chi connectivity index (χ4n) is 3.61. The van der Waals surface area contributed by atoms with Gasteiger partial charge in [0.05, 0.1) is 21.5 Å². The smallest absolute Gasteiger partial charge is 0.269 e. The second-order valence-corrected chi connectivity index (χ2v) is 9.65. The topological polar surface area (TPSA) is 128 Å². The minimum absolute atomic E-state index is 0.00830. The van der Waals surface area contributed by atoms with Crippen LogP contribution in [0.25, 0.3) is 0 Å². The summed E-state index contributed by atoms with van der Waals surface area (Å²) in [5, 5.41) is 13.8. The summed E-state index contributed by atoms with van der Waals surface area (Å²) >= 11 is 0. The van der Waals surface area contributed by atoms with Crippen LogP contribution in [0.5, 0.6) is 11.5 Å². The SMILES string of the molecule is CC(NC(=O)CN(c1ccc([N+](=O)[O-])cc1)S(=O)(=O)c1ccccc1)c1ccc2c(c1)OCCO2. The predicted molar refractivity (Wildman–Crippen MR) is 128 cm³/mol. The van der Waals surface area contributed by atoms with Gasteiger partial charge in [0.15, 0.2) is 11.5 Å². The number of non-ortho nitro benzene ring substituents is 1. The van der Waals surface area contributed by atoms with Crippen molar-refractivity contribution in [1.29, 1.82) is 0 Å². The monoisotopic (exact) mass is 497 g/mol. The summed E-state index contributed by atoms with van der Waals surface area (Å²) in [6.07, 6.45) is 0. The first kappa shape index (κ1) is 24.0. The molecule has 1 amide bonds. The summed E-state index contributed by atoms with van der Waals surface area (Å²) in [6.45, 7) is 2.14. The van der Waals surface area contributed by atoms with E-state index in [1.807, 2.05) is 0 Å². The molecule has 1 N–H and O–H groups in total. The van der Waals surface area contributed by atoms with Crippen LogP contribution in [-0.2, 0) is 14.8 Å². The number of amides is 1. The number of anilines is 1. The van der Waals surface area contributed by atoms with Gasteiger partial charge in [-0.25, -0.2) is 8.42 Å². The van der Waals surface area contributed by atoms with Crippen molar-refractivity contribution in [3.63, 3.8) is 0 Å². The average molecular weight is 498 g/mol. The van der Waals surface area contributed by atoms with Crippen molar-refractivity contribution in [2.75, 3.05) is 24.1 Å². The molecule has 0 spiro atoms. The molecule has 0 saturated heterocycles. The van der Waals surface area contributed by atoms with Gasteiger partial charge in [0.1, 0.15) is 19.8 Å². The number of carbonyl (C=O) groups excluding carboxylic acids is 1. The zero-order chi connectivity index (χ0) is 25.0. The molecule has 1 aliphatic heterocycles. The van der Waals surface area contributed by atoms with Crippen LogP contribution in [0.4, 0.5) is 11.4 Å². The molecule has 1 aliphatic rings. The molecule has 35 heavy (non-hydrogen) atoms. The lowest BCUT2D eigenvalue weighted by Gasteiger charge is -2.25. The van der Waals surface area contributed by atoms with Crippen LogP contribution in [0.2, 0.25) is 0 Å². The maximum atomic E-state index is 13.4. The first-order chi connectivity index (χ1) is 16.8. The molecule has 1 atom stereocenters. The Hall–Kier alpha value is -4.12. The highest BCUT2D eigenvalue weighted by atomic mass is 32.2. The molecule has 11 heteroatoms. The van der Waals surface area contributed by atoms with Gasteiger partial charge in [0.25, 0.3) is 15.7 Å². The first-order valence-corrected chi connectivity index (χ1v) is 12.2. The van der Waals surface area contributed by atoms with Crippen molar-refractivity contribution in [2.24, 2.45) is 0 Å². The van der Waals surface area contributed by atoms with E-state index in [2.05, 4.69) is 5.32 Å². The van der Waals surface area contributed by atoms with Gasteiger partial charge < -0.3 is 14.8 Å². The Morgan fingerprint density at radius 2 is 1.69 bits per heavy atom. The number of rotatable bonds is 8. The second-order valence-electron chi connectivity index (χ2n) is 7.79. The number of benzene rings is 3. The molecule has 1 heterocycles. The Balaban J connectivity index is 1.58. The molecule has 3 aromatic carbocycles. The third-order valence-electron chi connectivity index (χ3n) is 5.41. The minimum atomic E-state index is -4.13. The lowest BCUT2D eigenvalue weighted by molar-refractivity contribution is -0.384. The average Bonchev–Trinajstić information content (AvgIpc) is 2.87. The van der Waals surface area contributed by atoms with Gasteiger partial charge in [-0.05, 0) is 48.9 Å². The molecule has 0 bridgehead atoms. The summed E-state index contributed by atoms with van der Waals surface area (Å²) in [5.74, 6) is 0.649. The van der Waals surface area contributed by atoms with Crippen LogP contribution in [0.3, 0.4) is 0 Å². The second kappa shape index (κ2) is 10.0. The van der Waals surface area contributed by atoms with E-state index in [9.17, 15) is 23.3 Å². The van der Waals surface area contributed by atoms with Crippen molar-refractivity contribution in [3.05, 3.63) is 88.5 Å². The maximum Gasteiger partial charge on any atom is 0.269 e. The van der Waals surface area contributed by atoms with Crippen molar-refractivity contribution in [2.45, 2.75) is 17.9 Å². The highest BCUT2D eigenvalue weighted by Gasteiger charge is 2.28. The molecule has 182 valence electrons. The van der Waals surface area contributed by atoms with Gasteiger partial charge in [0, 0.05) is 12.1 Å². The van der Waals surface area contributed by atoms with Crippen molar-refractivity contribution in [3.8, 4) is 11.5 Å². The zero-order valence-corrected chi connectivity index (χ0v) is 19.6. The summed E-state index contributed by atoms with van der Waals surface area (Å²) < 4.78 is 38.8. The van der Waals surface area contributed by atoms with Crippen LogP contribution in [0.1, 0.15) is 18.5 Å². The maximum absolute atomic E-state index is 13.4. The molecule has 10 nitrogen and oxygen atoms in total. The Morgan fingerprint density at radius 3 is 2.34 bits per heavy atom. The van der Waals surface area contributed by atoms with Crippen LogP contribution in [0.15, 0.2) is 77.7 Å². The van der Waals surface area contributed by atoms with E-state index < -0.39 is 33.4 Å². The molecular weight excluding hydrogens is 474 g/mol. The van der Waals surface area contributed by atoms with Gasteiger partial charge in [-0.3, -0.25) is 19.2 Å². The number of hydrogen-bond acceptors (Lipinski definition) is 7. The Labute approximate surface area is 202 Å². The molecular formula is C24H23N3O7S. The molecule has 4 rings (SSSR count). The lowest BCUT2D eigenvalue weighted by atomic mass is 10.1. The third-order valence-corrected chi connectivity index (χ3v) is 7.20. The lowest BCUT2D eigenvalue weighted by Crippen LogP contribution is -2.41. The van der Waals surface area contributed by atoms with Gasteiger partial charge >= 0.3 is 0 Å². The predicted octanol–water partition coefficient (Wildman–Crippen LogP) is 3.44. The van der Waals surface area contributed by atoms with Crippen LogP contribution in [0, 0.1) is 10.1 Å². The van der Waals surface area contributed by atoms with E-state index >= 15 is 0 Å². The van der Waals surface area contributed by atoms with E-state index in [0.717, 1.165) is 9.87 Å². The normalized spacial score (nSPS) is 13.5. The quantitative estimate of drug-likeness (QED) is 0.373. The molecule has 1 unspecified atom stereocenters. The number of fused-ring (bicyclic) bond motifs is 1. The number of sulfonamides is 1. The Morgan fingerprint density at radius 1 is 1.03 bits per heavy atom. The van der Waals surface area contributed by atoms with E-state index in [1.54, 1.807) is 43.3 Å². The largest absolute Gasteiger partial charge is 0.486 e. The van der Waals surface area contributed by atoms with Crippen LogP contribution in [-0.4, -0.2) is 39.0 Å². The number of nitrogens with zero attached hydrogens (tertiary/aromatic N) is 2. The van der Waals surface area contributed by atoms with Gasteiger partial charge in [-0.2, -0.15) is 0 Å². The molecule has 0 saturated carbocycles. The fraction of sp³-hybridized carbons (Fsp3) is 0.208. The molecule has 3 aromatic rings. The zero-order valence-electron chi connectivity index (χ0n) is 18.8. The molecule has 0 aromatic heterocycles. The van der Waals surface area contributed by atoms with E-state index in [0.29, 0.717) is 24.7 Å². The van der Waals surface area contributed by atoms with Gasteiger partial charge in [0.2, 0.25) is 5.91 Å². The number of nitro benzene ring substituents is 1. The first-order valence-electron chi connectivity index (χ1n) is 10.8. The Bertz CT molecular complexity index is 1330. The number of ether oxygens (including phenoxy) is 2. The van der Waals surface area contributed by atoms with Gasteiger partial charge in [-0.15, -0.1) is 0 Å². The number of nitrogens with one attached hydrogen (secondary N) is 1. The number of carbonyl (C=O) groups is 1. The molecule has 0 radical (unpaired) electrons. The standard InChI is InChI=1S/C24H23N3O7S/c1-17(18-7-12-22-23(15-18)34-14-13-33-22)25-24(28)16-26(19-8-10-20(11-9-19)27(29)30)35(31,32)21-5-3-2-4-6-21/h2-12,15,17H,13-14,16H2,1H3,(H,25,28). The van der Waals surface area contributed by atoms with E-state index in [1.165, 1.54) is 36.4 Å². The Kier molecular flexibility index (Phi) is 6.87.